The van der Waals surface area contributed by atoms with E-state index in [2.05, 4.69) is 23.3 Å². The number of likely N-dealkylation sites (N-methyl/N-ethyl adjacent to an activating group) is 1. The number of hydrogen-bond acceptors (Lipinski definition) is 4. The van der Waals surface area contributed by atoms with E-state index >= 15 is 0 Å². The molecular weight excluding hydrogens is 302 g/mol. The van der Waals surface area contributed by atoms with Crippen molar-refractivity contribution in [2.24, 2.45) is 0 Å². The van der Waals surface area contributed by atoms with Gasteiger partial charge in [-0.25, -0.2) is 0 Å². The van der Waals surface area contributed by atoms with Gasteiger partial charge in [0.25, 0.3) is 5.91 Å². The predicted molar refractivity (Wildman–Crippen MR) is 96.3 cm³/mol. The van der Waals surface area contributed by atoms with E-state index in [1.165, 1.54) is 0 Å². The third-order valence-electron chi connectivity index (χ3n) is 4.71. The normalized spacial score (nSPS) is 20.3. The van der Waals surface area contributed by atoms with Crippen molar-refractivity contribution in [3.63, 3.8) is 0 Å². The van der Waals surface area contributed by atoms with Crippen LogP contribution in [-0.4, -0.2) is 48.6 Å². The van der Waals surface area contributed by atoms with Gasteiger partial charge in [-0.05, 0) is 38.3 Å². The Morgan fingerprint density at radius 2 is 2.04 bits per heavy atom. The van der Waals surface area contributed by atoms with Gasteiger partial charge in [0.2, 0.25) is 0 Å². The van der Waals surface area contributed by atoms with E-state index in [-0.39, 0.29) is 18.1 Å². The minimum Gasteiger partial charge on any atom is -0.382 e. The van der Waals surface area contributed by atoms with E-state index in [0.29, 0.717) is 6.54 Å². The first kappa shape index (κ1) is 16.7. The van der Waals surface area contributed by atoms with Gasteiger partial charge in [0.05, 0.1) is 11.6 Å². The average Bonchev–Trinajstić information content (AvgIpc) is 3.03. The molecule has 5 nitrogen and oxygen atoms in total. The number of nitrogens with zero attached hydrogens (tertiary/aromatic N) is 2. The summed E-state index contributed by atoms with van der Waals surface area (Å²) in [7, 11) is 3.54. The van der Waals surface area contributed by atoms with Crippen LogP contribution in [0.5, 0.6) is 0 Å². The van der Waals surface area contributed by atoms with Crippen molar-refractivity contribution in [2.75, 3.05) is 26.0 Å². The highest BCUT2D eigenvalue weighted by molar-refractivity contribution is 5.93. The fraction of sp³-hybridized carbons (Fsp3) is 0.474. The van der Waals surface area contributed by atoms with Crippen molar-refractivity contribution in [1.29, 1.82) is 0 Å². The monoisotopic (exact) mass is 327 g/mol. The number of pyridine rings is 1. The molecule has 2 heterocycles. The van der Waals surface area contributed by atoms with Gasteiger partial charge in [0.1, 0.15) is 6.10 Å². The van der Waals surface area contributed by atoms with E-state index in [9.17, 15) is 4.79 Å². The number of amides is 1. The largest absolute Gasteiger partial charge is 0.382 e. The van der Waals surface area contributed by atoms with Crippen LogP contribution < -0.4 is 5.32 Å². The number of carbonyl (C=O) groups is 1. The topological polar surface area (TPSA) is 54.5 Å². The molecule has 0 spiro atoms. The molecule has 128 valence electrons. The van der Waals surface area contributed by atoms with Gasteiger partial charge in [-0.1, -0.05) is 18.2 Å². The second kappa shape index (κ2) is 6.77. The van der Waals surface area contributed by atoms with E-state index in [4.69, 9.17) is 4.74 Å². The van der Waals surface area contributed by atoms with E-state index in [1.54, 1.807) is 19.0 Å². The third kappa shape index (κ3) is 3.22. The van der Waals surface area contributed by atoms with Crippen molar-refractivity contribution >= 4 is 22.5 Å². The number of carbonyl (C=O) groups excluding carboxylic acids is 1. The van der Waals surface area contributed by atoms with Crippen LogP contribution in [0, 0.1) is 13.8 Å². The van der Waals surface area contributed by atoms with E-state index < -0.39 is 0 Å². The number of fused-ring (bicyclic) bond motifs is 1. The minimum absolute atomic E-state index is 0.0545. The Labute approximate surface area is 143 Å². The second-order valence-corrected chi connectivity index (χ2v) is 6.65. The molecule has 1 aromatic carbocycles. The van der Waals surface area contributed by atoms with Crippen molar-refractivity contribution < 1.29 is 9.53 Å². The predicted octanol–water partition coefficient (Wildman–Crippen LogP) is 2.90. The molecule has 1 aliphatic rings. The highest BCUT2D eigenvalue weighted by Crippen LogP contribution is 2.29. The van der Waals surface area contributed by atoms with Gasteiger partial charge in [0.15, 0.2) is 0 Å². The number of para-hydroxylation sites is 1. The smallest absolute Gasteiger partial charge is 0.251 e. The number of aromatic nitrogens is 1. The summed E-state index contributed by atoms with van der Waals surface area (Å²) in [5.74, 6) is 0.0545. The Balaban J connectivity index is 1.73. The van der Waals surface area contributed by atoms with E-state index in [1.807, 2.05) is 25.1 Å². The van der Waals surface area contributed by atoms with Crippen LogP contribution >= 0.6 is 0 Å². The molecule has 0 saturated carbocycles. The van der Waals surface area contributed by atoms with Crippen LogP contribution in [0.2, 0.25) is 0 Å². The van der Waals surface area contributed by atoms with Crippen LogP contribution in [0.25, 0.3) is 10.9 Å². The summed E-state index contributed by atoms with van der Waals surface area (Å²) in [5, 5.41) is 4.66. The number of benzene rings is 1. The fourth-order valence-electron chi connectivity index (χ4n) is 3.20. The summed E-state index contributed by atoms with van der Waals surface area (Å²) >= 11 is 0. The maximum Gasteiger partial charge on any atom is 0.251 e. The molecule has 2 aromatic rings. The Morgan fingerprint density at radius 1 is 1.29 bits per heavy atom. The second-order valence-electron chi connectivity index (χ2n) is 6.65. The van der Waals surface area contributed by atoms with Crippen LogP contribution in [0.4, 0.5) is 5.69 Å². The number of anilines is 1. The summed E-state index contributed by atoms with van der Waals surface area (Å²) in [5.41, 5.74) is 4.30. The minimum atomic E-state index is -0.302. The summed E-state index contributed by atoms with van der Waals surface area (Å²) in [6.45, 7) is 4.82. The molecule has 1 N–H and O–H groups in total. The van der Waals surface area contributed by atoms with Crippen LogP contribution in [-0.2, 0) is 9.53 Å². The Kier molecular flexibility index (Phi) is 4.71. The lowest BCUT2D eigenvalue weighted by Crippen LogP contribution is -2.34. The summed E-state index contributed by atoms with van der Waals surface area (Å²) in [4.78, 5) is 18.3. The number of rotatable bonds is 4. The molecule has 1 fully saturated rings. The first-order valence-corrected chi connectivity index (χ1v) is 8.44. The Hall–Kier alpha value is -2.14. The summed E-state index contributed by atoms with van der Waals surface area (Å²) in [6.07, 6.45) is 1.45. The molecule has 1 aromatic heterocycles. The Morgan fingerprint density at radius 3 is 2.79 bits per heavy atom. The van der Waals surface area contributed by atoms with Gasteiger partial charge in [0, 0.05) is 37.4 Å². The maximum atomic E-state index is 12.0. The number of aryl methyl sites for hydroxylation is 1. The van der Waals surface area contributed by atoms with Crippen LogP contribution in [0.15, 0.2) is 24.3 Å². The molecule has 1 amide bonds. The average molecular weight is 327 g/mol. The van der Waals surface area contributed by atoms with Gasteiger partial charge in [-0.15, -0.1) is 0 Å². The lowest BCUT2D eigenvalue weighted by atomic mass is 10.1. The zero-order valence-corrected chi connectivity index (χ0v) is 14.8. The first-order valence-electron chi connectivity index (χ1n) is 8.44. The molecule has 2 unspecified atom stereocenters. The lowest BCUT2D eigenvalue weighted by Gasteiger charge is -2.19. The molecule has 2 atom stereocenters. The molecule has 3 rings (SSSR count). The molecule has 1 saturated heterocycles. The van der Waals surface area contributed by atoms with Crippen molar-refractivity contribution in [3.05, 3.63) is 35.5 Å². The van der Waals surface area contributed by atoms with Crippen molar-refractivity contribution in [3.8, 4) is 0 Å². The molecule has 24 heavy (non-hydrogen) atoms. The SMILES string of the molecule is Cc1nc2ccccc2c(NCC2CCC(C(=O)N(C)C)O2)c1C. The summed E-state index contributed by atoms with van der Waals surface area (Å²) < 4.78 is 5.92. The van der Waals surface area contributed by atoms with Gasteiger partial charge in [-0.3, -0.25) is 9.78 Å². The molecular formula is C19H25N3O2. The number of ether oxygens (including phenoxy) is 1. The standard InChI is InChI=1S/C19H25N3O2/c1-12-13(2)21-16-8-6-5-7-15(16)18(12)20-11-14-9-10-17(24-14)19(23)22(3)4/h5-8,14,17H,9-11H2,1-4H3,(H,20,21). The highest BCUT2D eigenvalue weighted by Gasteiger charge is 2.31. The molecule has 0 radical (unpaired) electrons. The van der Waals surface area contributed by atoms with Gasteiger partial charge >= 0.3 is 0 Å². The Bertz CT molecular complexity index is 758. The summed E-state index contributed by atoms with van der Waals surface area (Å²) in [6, 6.07) is 8.16. The first-order chi connectivity index (χ1) is 11.5. The zero-order valence-electron chi connectivity index (χ0n) is 14.8. The highest BCUT2D eigenvalue weighted by atomic mass is 16.5. The number of nitrogens with one attached hydrogen (secondary N) is 1. The molecule has 5 heteroatoms. The van der Waals surface area contributed by atoms with Gasteiger partial charge < -0.3 is 15.0 Å². The number of hydrogen-bond donors (Lipinski definition) is 1. The quantitative estimate of drug-likeness (QED) is 0.938. The van der Waals surface area contributed by atoms with Crippen LogP contribution in [0.3, 0.4) is 0 Å². The van der Waals surface area contributed by atoms with Crippen LogP contribution in [0.1, 0.15) is 24.1 Å². The molecule has 1 aliphatic heterocycles. The third-order valence-corrected chi connectivity index (χ3v) is 4.71. The molecule has 0 bridgehead atoms. The maximum absolute atomic E-state index is 12.0. The lowest BCUT2D eigenvalue weighted by molar-refractivity contribution is -0.140. The van der Waals surface area contributed by atoms with Gasteiger partial charge in [-0.2, -0.15) is 0 Å². The molecule has 0 aliphatic carbocycles. The fourth-order valence-corrected chi connectivity index (χ4v) is 3.20. The van der Waals surface area contributed by atoms with Crippen molar-refractivity contribution in [1.82, 2.24) is 9.88 Å². The van der Waals surface area contributed by atoms with E-state index in [0.717, 1.165) is 40.7 Å². The zero-order chi connectivity index (χ0) is 17.3. The van der Waals surface area contributed by atoms with Crippen molar-refractivity contribution in [2.45, 2.75) is 38.9 Å².